The first-order chi connectivity index (χ1) is 11.1. The first kappa shape index (κ1) is 15.6. The minimum atomic E-state index is -0.196. The van der Waals surface area contributed by atoms with Crippen molar-refractivity contribution < 1.29 is 4.79 Å². The van der Waals surface area contributed by atoms with Gasteiger partial charge in [-0.2, -0.15) is 5.10 Å². The number of benzene rings is 2. The van der Waals surface area contributed by atoms with Crippen molar-refractivity contribution >= 4 is 29.1 Å². The molecule has 0 saturated carbocycles. The standard InChI is InChI=1S/C17H13Cl2N3O/c18-13-5-1-11(2-6-13)9-20-17(23)15-10-21-22-16(15)12-3-7-14(19)8-4-12/h1-8,10H,9H2,(H,20,23)(H,21,22). The van der Waals surface area contributed by atoms with Crippen molar-refractivity contribution in [2.45, 2.75) is 6.54 Å². The Hall–Kier alpha value is -2.30. The average Bonchev–Trinajstić information content (AvgIpc) is 3.04. The molecule has 0 spiro atoms. The molecular formula is C17H13Cl2N3O. The molecule has 3 aromatic rings. The largest absolute Gasteiger partial charge is 0.348 e. The monoisotopic (exact) mass is 345 g/mol. The maximum atomic E-state index is 12.4. The molecule has 0 radical (unpaired) electrons. The van der Waals surface area contributed by atoms with Gasteiger partial charge in [0.1, 0.15) is 0 Å². The molecule has 0 aliphatic rings. The minimum Gasteiger partial charge on any atom is -0.348 e. The predicted octanol–water partition coefficient (Wildman–Crippen LogP) is 4.31. The summed E-state index contributed by atoms with van der Waals surface area (Å²) in [7, 11) is 0. The Kier molecular flexibility index (Phi) is 4.65. The van der Waals surface area contributed by atoms with Gasteiger partial charge in [-0.15, -0.1) is 0 Å². The summed E-state index contributed by atoms with van der Waals surface area (Å²) < 4.78 is 0. The third-order valence-corrected chi connectivity index (χ3v) is 3.89. The second kappa shape index (κ2) is 6.86. The molecule has 23 heavy (non-hydrogen) atoms. The minimum absolute atomic E-state index is 0.196. The van der Waals surface area contributed by atoms with E-state index in [0.29, 0.717) is 27.8 Å². The Morgan fingerprint density at radius 1 is 1.00 bits per heavy atom. The number of H-pyrrole nitrogens is 1. The van der Waals surface area contributed by atoms with E-state index in [4.69, 9.17) is 23.2 Å². The Labute approximate surface area is 143 Å². The Morgan fingerprint density at radius 2 is 1.61 bits per heavy atom. The lowest BCUT2D eigenvalue weighted by atomic mass is 10.1. The van der Waals surface area contributed by atoms with E-state index in [2.05, 4.69) is 15.5 Å². The number of carbonyl (C=O) groups is 1. The molecule has 1 amide bonds. The van der Waals surface area contributed by atoms with Crippen LogP contribution in [0.1, 0.15) is 15.9 Å². The van der Waals surface area contributed by atoms with E-state index < -0.39 is 0 Å². The number of carbonyl (C=O) groups excluding carboxylic acids is 1. The summed E-state index contributed by atoms with van der Waals surface area (Å²) in [5.74, 6) is -0.196. The number of nitrogens with one attached hydrogen (secondary N) is 2. The van der Waals surface area contributed by atoms with Crippen LogP contribution < -0.4 is 5.32 Å². The Balaban J connectivity index is 1.74. The van der Waals surface area contributed by atoms with E-state index >= 15 is 0 Å². The van der Waals surface area contributed by atoms with Gasteiger partial charge in [-0.3, -0.25) is 9.89 Å². The van der Waals surface area contributed by atoms with Gasteiger partial charge >= 0.3 is 0 Å². The summed E-state index contributed by atoms with van der Waals surface area (Å²) in [5.41, 5.74) is 2.97. The summed E-state index contributed by atoms with van der Waals surface area (Å²) in [6.45, 7) is 0.418. The highest BCUT2D eigenvalue weighted by molar-refractivity contribution is 6.30. The zero-order valence-corrected chi connectivity index (χ0v) is 13.5. The molecule has 2 aromatic carbocycles. The van der Waals surface area contributed by atoms with E-state index in [1.807, 2.05) is 24.3 Å². The number of halogens is 2. The van der Waals surface area contributed by atoms with Gasteiger partial charge in [-0.1, -0.05) is 47.5 Å². The maximum absolute atomic E-state index is 12.4. The van der Waals surface area contributed by atoms with Gasteiger partial charge in [0.2, 0.25) is 0 Å². The fourth-order valence-electron chi connectivity index (χ4n) is 2.17. The molecule has 0 unspecified atom stereocenters. The van der Waals surface area contributed by atoms with E-state index in [-0.39, 0.29) is 5.91 Å². The molecule has 1 aromatic heterocycles. The molecule has 116 valence electrons. The van der Waals surface area contributed by atoms with Crippen molar-refractivity contribution in [3.63, 3.8) is 0 Å². The van der Waals surface area contributed by atoms with E-state index in [1.165, 1.54) is 6.20 Å². The SMILES string of the molecule is O=C(NCc1ccc(Cl)cc1)c1cn[nH]c1-c1ccc(Cl)cc1. The van der Waals surface area contributed by atoms with Gasteiger partial charge in [-0.05, 0) is 29.8 Å². The molecule has 0 fully saturated rings. The summed E-state index contributed by atoms with van der Waals surface area (Å²) in [6, 6.07) is 14.5. The first-order valence-electron chi connectivity index (χ1n) is 6.95. The fraction of sp³-hybridized carbons (Fsp3) is 0.0588. The van der Waals surface area contributed by atoms with Crippen LogP contribution in [0.4, 0.5) is 0 Å². The third kappa shape index (κ3) is 3.73. The third-order valence-electron chi connectivity index (χ3n) is 3.38. The number of aromatic nitrogens is 2. The van der Waals surface area contributed by atoms with E-state index in [0.717, 1.165) is 11.1 Å². The van der Waals surface area contributed by atoms with E-state index in [1.54, 1.807) is 24.3 Å². The highest BCUT2D eigenvalue weighted by atomic mass is 35.5. The lowest BCUT2D eigenvalue weighted by Gasteiger charge is -2.06. The summed E-state index contributed by atoms with van der Waals surface area (Å²) >= 11 is 11.7. The molecule has 4 nitrogen and oxygen atoms in total. The van der Waals surface area contributed by atoms with Crippen LogP contribution in [-0.4, -0.2) is 16.1 Å². The molecule has 3 rings (SSSR count). The predicted molar refractivity (Wildman–Crippen MR) is 91.7 cm³/mol. The Bertz CT molecular complexity index is 811. The second-order valence-corrected chi connectivity index (χ2v) is 5.85. The average molecular weight is 346 g/mol. The van der Waals surface area contributed by atoms with Crippen molar-refractivity contribution in [1.29, 1.82) is 0 Å². The maximum Gasteiger partial charge on any atom is 0.255 e. The highest BCUT2D eigenvalue weighted by Crippen LogP contribution is 2.23. The molecule has 0 saturated heterocycles. The summed E-state index contributed by atoms with van der Waals surface area (Å²) in [6.07, 6.45) is 1.52. The smallest absolute Gasteiger partial charge is 0.255 e. The Morgan fingerprint density at radius 3 is 2.26 bits per heavy atom. The molecule has 0 aliphatic heterocycles. The van der Waals surface area contributed by atoms with Crippen LogP contribution in [0.5, 0.6) is 0 Å². The van der Waals surface area contributed by atoms with Crippen LogP contribution in [0, 0.1) is 0 Å². The number of amides is 1. The van der Waals surface area contributed by atoms with Crippen LogP contribution >= 0.6 is 23.2 Å². The zero-order chi connectivity index (χ0) is 16.2. The molecular weight excluding hydrogens is 333 g/mol. The van der Waals surface area contributed by atoms with Crippen molar-refractivity contribution in [2.24, 2.45) is 0 Å². The fourth-order valence-corrected chi connectivity index (χ4v) is 2.43. The summed E-state index contributed by atoms with van der Waals surface area (Å²) in [5, 5.41) is 11.0. The van der Waals surface area contributed by atoms with Crippen LogP contribution in [0.15, 0.2) is 54.7 Å². The normalized spacial score (nSPS) is 10.5. The topological polar surface area (TPSA) is 57.8 Å². The lowest BCUT2D eigenvalue weighted by molar-refractivity contribution is 0.0951. The van der Waals surface area contributed by atoms with Crippen LogP contribution in [0.25, 0.3) is 11.3 Å². The molecule has 0 atom stereocenters. The van der Waals surface area contributed by atoms with Crippen molar-refractivity contribution in [2.75, 3.05) is 0 Å². The van der Waals surface area contributed by atoms with Gasteiger partial charge < -0.3 is 5.32 Å². The van der Waals surface area contributed by atoms with Crippen LogP contribution in [0.2, 0.25) is 10.0 Å². The highest BCUT2D eigenvalue weighted by Gasteiger charge is 2.15. The zero-order valence-electron chi connectivity index (χ0n) is 12.0. The first-order valence-corrected chi connectivity index (χ1v) is 7.71. The summed E-state index contributed by atoms with van der Waals surface area (Å²) in [4.78, 5) is 12.4. The number of hydrogen-bond donors (Lipinski definition) is 2. The second-order valence-electron chi connectivity index (χ2n) is 4.97. The van der Waals surface area contributed by atoms with E-state index in [9.17, 15) is 4.79 Å². The van der Waals surface area contributed by atoms with Gasteiger partial charge in [0.25, 0.3) is 5.91 Å². The molecule has 0 bridgehead atoms. The van der Waals surface area contributed by atoms with Gasteiger partial charge in [0.15, 0.2) is 0 Å². The molecule has 1 heterocycles. The number of hydrogen-bond acceptors (Lipinski definition) is 2. The number of rotatable bonds is 4. The van der Waals surface area contributed by atoms with Crippen LogP contribution in [0.3, 0.4) is 0 Å². The van der Waals surface area contributed by atoms with Gasteiger partial charge in [-0.25, -0.2) is 0 Å². The number of aromatic amines is 1. The molecule has 6 heteroatoms. The van der Waals surface area contributed by atoms with Crippen molar-refractivity contribution in [1.82, 2.24) is 15.5 Å². The lowest BCUT2D eigenvalue weighted by Crippen LogP contribution is -2.22. The number of nitrogens with zero attached hydrogens (tertiary/aromatic N) is 1. The van der Waals surface area contributed by atoms with Crippen molar-refractivity contribution in [3.05, 3.63) is 75.9 Å². The molecule has 2 N–H and O–H groups in total. The van der Waals surface area contributed by atoms with Crippen LogP contribution in [-0.2, 0) is 6.54 Å². The quantitative estimate of drug-likeness (QED) is 0.739. The van der Waals surface area contributed by atoms with Gasteiger partial charge in [0.05, 0.1) is 17.5 Å². The van der Waals surface area contributed by atoms with Crippen molar-refractivity contribution in [3.8, 4) is 11.3 Å². The molecule has 0 aliphatic carbocycles. The van der Waals surface area contributed by atoms with Gasteiger partial charge in [0, 0.05) is 22.2 Å².